The topological polar surface area (TPSA) is 65.1 Å². The number of anilines is 1. The Morgan fingerprint density at radius 2 is 1.85 bits per heavy atom. The molecule has 0 saturated carbocycles. The molecule has 1 heterocycles. The molecule has 0 atom stereocenters. The lowest BCUT2D eigenvalue weighted by atomic mass is 10.1. The maximum absolute atomic E-state index is 12.4. The quantitative estimate of drug-likeness (QED) is 0.808. The summed E-state index contributed by atoms with van der Waals surface area (Å²) in [5.41, 5.74) is 0.841. The lowest BCUT2D eigenvalue weighted by Gasteiger charge is -2.36. The van der Waals surface area contributed by atoms with Crippen molar-refractivity contribution in [3.8, 4) is 5.75 Å². The monoisotopic (exact) mass is 376 g/mol. The van der Waals surface area contributed by atoms with Crippen LogP contribution in [0.15, 0.2) is 24.3 Å². The SMILES string of the molecule is COc1cccc(N2CCN(CC(=O)N(C)CC(=O)NC(C)(C)C)CC2)c1. The minimum Gasteiger partial charge on any atom is -0.497 e. The predicted octanol–water partition coefficient (Wildman–Crippen LogP) is 1.19. The van der Waals surface area contributed by atoms with Gasteiger partial charge in [0.05, 0.1) is 20.2 Å². The number of carbonyl (C=O) groups excluding carboxylic acids is 2. The van der Waals surface area contributed by atoms with Gasteiger partial charge in [0.2, 0.25) is 11.8 Å². The van der Waals surface area contributed by atoms with E-state index in [0.717, 1.165) is 37.6 Å². The third kappa shape index (κ3) is 6.75. The van der Waals surface area contributed by atoms with Gasteiger partial charge in [0.1, 0.15) is 5.75 Å². The Balaban J connectivity index is 1.79. The predicted molar refractivity (Wildman–Crippen MR) is 107 cm³/mol. The Kier molecular flexibility index (Phi) is 7.07. The van der Waals surface area contributed by atoms with Gasteiger partial charge in [-0.3, -0.25) is 14.5 Å². The normalized spacial score (nSPS) is 15.4. The van der Waals surface area contributed by atoms with Gasteiger partial charge in [-0.15, -0.1) is 0 Å². The molecule has 1 aliphatic rings. The van der Waals surface area contributed by atoms with E-state index in [-0.39, 0.29) is 23.9 Å². The van der Waals surface area contributed by atoms with Gasteiger partial charge < -0.3 is 19.9 Å². The highest BCUT2D eigenvalue weighted by Gasteiger charge is 2.22. The van der Waals surface area contributed by atoms with Crippen LogP contribution in [-0.4, -0.2) is 80.6 Å². The lowest BCUT2D eigenvalue weighted by Crippen LogP contribution is -2.51. The van der Waals surface area contributed by atoms with Crippen LogP contribution in [0, 0.1) is 0 Å². The molecule has 0 bridgehead atoms. The first-order chi connectivity index (χ1) is 12.7. The van der Waals surface area contributed by atoms with Crippen LogP contribution < -0.4 is 15.0 Å². The number of ether oxygens (including phenoxy) is 1. The molecular formula is C20H32N4O3. The molecule has 27 heavy (non-hydrogen) atoms. The van der Waals surface area contributed by atoms with Gasteiger partial charge in [-0.05, 0) is 32.9 Å². The summed E-state index contributed by atoms with van der Waals surface area (Å²) in [6.45, 7) is 9.53. The molecule has 1 aromatic carbocycles. The molecule has 7 heteroatoms. The Morgan fingerprint density at radius 1 is 1.19 bits per heavy atom. The molecular weight excluding hydrogens is 344 g/mol. The molecule has 0 radical (unpaired) electrons. The fraction of sp³-hybridized carbons (Fsp3) is 0.600. The highest BCUT2D eigenvalue weighted by Crippen LogP contribution is 2.22. The molecule has 2 rings (SSSR count). The zero-order valence-corrected chi connectivity index (χ0v) is 17.1. The van der Waals surface area contributed by atoms with E-state index in [1.54, 1.807) is 14.2 Å². The molecule has 7 nitrogen and oxygen atoms in total. The third-order valence-corrected chi connectivity index (χ3v) is 4.47. The minimum absolute atomic E-state index is 0.0334. The average molecular weight is 377 g/mol. The Bertz CT molecular complexity index is 649. The Morgan fingerprint density at radius 3 is 2.44 bits per heavy atom. The molecule has 0 unspecified atom stereocenters. The first kappa shape index (κ1) is 21.0. The van der Waals surface area contributed by atoms with Crippen molar-refractivity contribution < 1.29 is 14.3 Å². The second kappa shape index (κ2) is 9.08. The second-order valence-corrected chi connectivity index (χ2v) is 8.01. The van der Waals surface area contributed by atoms with Crippen molar-refractivity contribution >= 4 is 17.5 Å². The van der Waals surface area contributed by atoms with Gasteiger partial charge >= 0.3 is 0 Å². The van der Waals surface area contributed by atoms with Crippen molar-refractivity contribution in [3.63, 3.8) is 0 Å². The van der Waals surface area contributed by atoms with E-state index in [1.807, 2.05) is 39.0 Å². The van der Waals surface area contributed by atoms with Crippen molar-refractivity contribution in [2.24, 2.45) is 0 Å². The van der Waals surface area contributed by atoms with Crippen LogP contribution in [0.2, 0.25) is 0 Å². The van der Waals surface area contributed by atoms with Crippen molar-refractivity contribution in [3.05, 3.63) is 24.3 Å². The van der Waals surface area contributed by atoms with E-state index in [0.29, 0.717) is 6.54 Å². The summed E-state index contributed by atoms with van der Waals surface area (Å²) in [6.07, 6.45) is 0. The van der Waals surface area contributed by atoms with Gasteiger partial charge in [0, 0.05) is 50.5 Å². The van der Waals surface area contributed by atoms with Gasteiger partial charge in [0.25, 0.3) is 0 Å². The van der Waals surface area contributed by atoms with Crippen molar-refractivity contribution in [1.82, 2.24) is 15.1 Å². The first-order valence-electron chi connectivity index (χ1n) is 9.34. The number of rotatable bonds is 6. The number of nitrogens with zero attached hydrogens (tertiary/aromatic N) is 3. The molecule has 150 valence electrons. The number of benzene rings is 1. The van der Waals surface area contributed by atoms with Gasteiger partial charge in [0.15, 0.2) is 0 Å². The van der Waals surface area contributed by atoms with Crippen molar-refractivity contribution in [2.45, 2.75) is 26.3 Å². The smallest absolute Gasteiger partial charge is 0.240 e. The average Bonchev–Trinajstić information content (AvgIpc) is 2.60. The molecule has 2 amide bonds. The zero-order valence-electron chi connectivity index (χ0n) is 17.1. The molecule has 1 fully saturated rings. The summed E-state index contributed by atoms with van der Waals surface area (Å²) in [6, 6.07) is 8.03. The summed E-state index contributed by atoms with van der Waals surface area (Å²) in [7, 11) is 3.35. The summed E-state index contributed by atoms with van der Waals surface area (Å²) >= 11 is 0. The third-order valence-electron chi connectivity index (χ3n) is 4.47. The van der Waals surface area contributed by atoms with Crippen LogP contribution in [0.3, 0.4) is 0 Å². The van der Waals surface area contributed by atoms with Crippen LogP contribution >= 0.6 is 0 Å². The number of piperazine rings is 1. The van der Waals surface area contributed by atoms with Gasteiger partial charge in [-0.1, -0.05) is 6.07 Å². The van der Waals surface area contributed by atoms with Crippen LogP contribution in [-0.2, 0) is 9.59 Å². The number of nitrogens with one attached hydrogen (secondary N) is 1. The van der Waals surface area contributed by atoms with Gasteiger partial charge in [-0.2, -0.15) is 0 Å². The number of likely N-dealkylation sites (N-methyl/N-ethyl adjacent to an activating group) is 1. The summed E-state index contributed by atoms with van der Waals surface area (Å²) < 4.78 is 5.29. The van der Waals surface area contributed by atoms with E-state index in [4.69, 9.17) is 4.74 Å². The first-order valence-corrected chi connectivity index (χ1v) is 9.34. The largest absolute Gasteiger partial charge is 0.497 e. The fourth-order valence-corrected chi connectivity index (χ4v) is 3.04. The standard InChI is InChI=1S/C20H32N4O3/c1-20(2,3)21-18(25)14-22(4)19(26)15-23-9-11-24(12-10-23)16-7-6-8-17(13-16)27-5/h6-8,13H,9-12,14-15H2,1-5H3,(H,21,25). The van der Waals surface area contributed by atoms with E-state index >= 15 is 0 Å². The van der Waals surface area contributed by atoms with Crippen molar-refractivity contribution in [1.29, 1.82) is 0 Å². The number of hydrogen-bond donors (Lipinski definition) is 1. The molecule has 0 aliphatic carbocycles. The summed E-state index contributed by atoms with van der Waals surface area (Å²) in [5, 5.41) is 2.88. The number of amides is 2. The van der Waals surface area contributed by atoms with E-state index in [1.165, 1.54) is 4.90 Å². The Hall–Kier alpha value is -2.28. The highest BCUT2D eigenvalue weighted by molar-refractivity contribution is 5.85. The number of methoxy groups -OCH3 is 1. The van der Waals surface area contributed by atoms with Crippen LogP contribution in [0.4, 0.5) is 5.69 Å². The van der Waals surface area contributed by atoms with E-state index in [2.05, 4.69) is 21.2 Å². The molecule has 0 spiro atoms. The van der Waals surface area contributed by atoms with Gasteiger partial charge in [-0.25, -0.2) is 0 Å². The minimum atomic E-state index is -0.294. The molecule has 1 aromatic rings. The van der Waals surface area contributed by atoms with E-state index in [9.17, 15) is 9.59 Å². The lowest BCUT2D eigenvalue weighted by molar-refractivity contribution is -0.136. The maximum Gasteiger partial charge on any atom is 0.240 e. The zero-order chi connectivity index (χ0) is 20.0. The van der Waals surface area contributed by atoms with Crippen LogP contribution in [0.1, 0.15) is 20.8 Å². The molecule has 0 aromatic heterocycles. The maximum atomic E-state index is 12.4. The fourth-order valence-electron chi connectivity index (χ4n) is 3.04. The molecule has 1 N–H and O–H groups in total. The Labute approximate surface area is 162 Å². The van der Waals surface area contributed by atoms with Crippen LogP contribution in [0.5, 0.6) is 5.75 Å². The molecule has 1 aliphatic heterocycles. The summed E-state index contributed by atoms with van der Waals surface area (Å²) in [4.78, 5) is 30.3. The number of carbonyl (C=O) groups is 2. The van der Waals surface area contributed by atoms with Crippen molar-refractivity contribution in [2.75, 3.05) is 58.3 Å². The van der Waals surface area contributed by atoms with E-state index < -0.39 is 0 Å². The molecule has 1 saturated heterocycles. The highest BCUT2D eigenvalue weighted by atomic mass is 16.5. The second-order valence-electron chi connectivity index (χ2n) is 8.01. The summed E-state index contributed by atoms with van der Waals surface area (Å²) in [5.74, 6) is 0.676. The van der Waals surface area contributed by atoms with Crippen LogP contribution in [0.25, 0.3) is 0 Å². The number of hydrogen-bond acceptors (Lipinski definition) is 5.